The summed E-state index contributed by atoms with van der Waals surface area (Å²) in [6, 6.07) is 11.7. The zero-order chi connectivity index (χ0) is 18.5. The Kier molecular flexibility index (Phi) is 6.01. The number of nitrogens with one attached hydrogen (secondary N) is 2. The zero-order valence-corrected chi connectivity index (χ0v) is 15.6. The lowest BCUT2D eigenvalue weighted by atomic mass is 10.1. The summed E-state index contributed by atoms with van der Waals surface area (Å²) >= 11 is 12.0. The van der Waals surface area contributed by atoms with E-state index in [1.165, 1.54) is 6.42 Å². The molecule has 26 heavy (non-hydrogen) atoms. The number of nitrogens with zero attached hydrogens (tertiary/aromatic N) is 1. The first-order chi connectivity index (χ1) is 12.6. The molecule has 0 aliphatic carbocycles. The largest absolute Gasteiger partial charge is 0.370 e. The van der Waals surface area contributed by atoms with Crippen molar-refractivity contribution in [3.63, 3.8) is 0 Å². The fourth-order valence-electron chi connectivity index (χ4n) is 3.02. The lowest BCUT2D eigenvalue weighted by Crippen LogP contribution is -2.36. The van der Waals surface area contributed by atoms with Gasteiger partial charge in [-0.3, -0.25) is 10.1 Å². The van der Waals surface area contributed by atoms with Crippen molar-refractivity contribution < 1.29 is 9.59 Å². The molecule has 0 spiro atoms. The number of benzene rings is 2. The summed E-state index contributed by atoms with van der Waals surface area (Å²) in [7, 11) is 0. The molecular formula is C19H19Cl2N3O2. The fourth-order valence-corrected chi connectivity index (χ4v) is 3.59. The lowest BCUT2D eigenvalue weighted by molar-refractivity contribution is 0.0967. The third-order valence-corrected chi connectivity index (χ3v) is 4.90. The van der Waals surface area contributed by atoms with Gasteiger partial charge in [0, 0.05) is 13.1 Å². The van der Waals surface area contributed by atoms with Gasteiger partial charge in [-0.25, -0.2) is 4.79 Å². The number of hydrogen-bond donors (Lipinski definition) is 2. The third-order valence-electron chi connectivity index (χ3n) is 4.27. The van der Waals surface area contributed by atoms with Crippen molar-refractivity contribution >= 4 is 46.5 Å². The highest BCUT2D eigenvalue weighted by Crippen LogP contribution is 2.28. The van der Waals surface area contributed by atoms with Crippen LogP contribution in [0.15, 0.2) is 42.5 Å². The number of rotatable bonds is 3. The minimum absolute atomic E-state index is 0.0790. The Bertz CT molecular complexity index is 800. The summed E-state index contributed by atoms with van der Waals surface area (Å²) in [6.07, 6.45) is 3.48. The summed E-state index contributed by atoms with van der Waals surface area (Å²) in [5.41, 5.74) is 1.69. The molecule has 3 amide bonds. The predicted octanol–water partition coefficient (Wildman–Crippen LogP) is 4.95. The maximum Gasteiger partial charge on any atom is 0.326 e. The molecule has 1 aliphatic heterocycles. The lowest BCUT2D eigenvalue weighted by Gasteiger charge is -2.30. The van der Waals surface area contributed by atoms with E-state index in [0.717, 1.165) is 31.6 Å². The molecule has 0 bridgehead atoms. The first kappa shape index (κ1) is 18.5. The van der Waals surface area contributed by atoms with Crippen LogP contribution in [0.5, 0.6) is 0 Å². The van der Waals surface area contributed by atoms with Crippen molar-refractivity contribution in [2.75, 3.05) is 23.3 Å². The molecule has 3 rings (SSSR count). The van der Waals surface area contributed by atoms with Crippen LogP contribution >= 0.6 is 23.2 Å². The molecule has 1 fully saturated rings. The standard InChI is InChI=1S/C19H19Cl2N3O2/c20-13-7-6-8-14(21)17(13)18(25)23-19(26)22-15-9-2-3-10-16(15)24-11-4-1-5-12-24/h2-3,6-10H,1,4-5,11-12H2,(H2,22,23,25,26). The van der Waals surface area contributed by atoms with Crippen LogP contribution in [0.25, 0.3) is 0 Å². The minimum atomic E-state index is -0.645. The number of hydrogen-bond acceptors (Lipinski definition) is 3. The highest BCUT2D eigenvalue weighted by Gasteiger charge is 2.19. The fraction of sp³-hybridized carbons (Fsp3) is 0.263. The van der Waals surface area contributed by atoms with Gasteiger partial charge in [0.2, 0.25) is 0 Å². The number of imide groups is 1. The first-order valence-electron chi connectivity index (χ1n) is 8.46. The molecule has 136 valence electrons. The molecule has 2 N–H and O–H groups in total. The third kappa shape index (κ3) is 4.29. The van der Waals surface area contributed by atoms with E-state index in [2.05, 4.69) is 15.5 Å². The SMILES string of the molecule is O=C(NC(=O)c1c(Cl)cccc1Cl)Nc1ccccc1N1CCCCC1. The first-order valence-corrected chi connectivity index (χ1v) is 9.22. The second kappa shape index (κ2) is 8.43. The zero-order valence-electron chi connectivity index (χ0n) is 14.1. The highest BCUT2D eigenvalue weighted by atomic mass is 35.5. The molecule has 0 atom stereocenters. The van der Waals surface area contributed by atoms with Gasteiger partial charge in [0.1, 0.15) is 0 Å². The number of amides is 3. The monoisotopic (exact) mass is 391 g/mol. The molecular weight excluding hydrogens is 373 g/mol. The Labute approximate surface area is 162 Å². The summed E-state index contributed by atoms with van der Waals surface area (Å²) in [6.45, 7) is 1.91. The van der Waals surface area contributed by atoms with Gasteiger partial charge in [0.25, 0.3) is 5.91 Å². The van der Waals surface area contributed by atoms with Gasteiger partial charge >= 0.3 is 6.03 Å². The normalized spacial score (nSPS) is 14.0. The van der Waals surface area contributed by atoms with E-state index < -0.39 is 11.9 Å². The van der Waals surface area contributed by atoms with Crippen LogP contribution in [-0.4, -0.2) is 25.0 Å². The number of piperidine rings is 1. The van der Waals surface area contributed by atoms with Crippen LogP contribution < -0.4 is 15.5 Å². The maximum atomic E-state index is 12.3. The number of urea groups is 1. The van der Waals surface area contributed by atoms with E-state index in [1.54, 1.807) is 18.2 Å². The quantitative estimate of drug-likeness (QED) is 0.778. The molecule has 0 aromatic heterocycles. The van der Waals surface area contributed by atoms with Gasteiger partial charge in [-0.15, -0.1) is 0 Å². The minimum Gasteiger partial charge on any atom is -0.370 e. The number of carbonyl (C=O) groups is 2. The van der Waals surface area contributed by atoms with Crippen molar-refractivity contribution in [2.24, 2.45) is 0 Å². The average molecular weight is 392 g/mol. The van der Waals surface area contributed by atoms with Crippen LogP contribution in [-0.2, 0) is 0 Å². The number of carbonyl (C=O) groups excluding carboxylic acids is 2. The second-order valence-corrected chi connectivity index (χ2v) is 6.88. The molecule has 5 nitrogen and oxygen atoms in total. The molecule has 2 aromatic carbocycles. The number of anilines is 2. The topological polar surface area (TPSA) is 61.4 Å². The molecule has 2 aromatic rings. The second-order valence-electron chi connectivity index (χ2n) is 6.07. The van der Waals surface area contributed by atoms with Crippen molar-refractivity contribution in [1.29, 1.82) is 0 Å². The van der Waals surface area contributed by atoms with Crippen LogP contribution in [0.1, 0.15) is 29.6 Å². The van der Waals surface area contributed by atoms with Crippen LogP contribution in [0.2, 0.25) is 10.0 Å². The van der Waals surface area contributed by atoms with Gasteiger partial charge < -0.3 is 10.2 Å². The van der Waals surface area contributed by atoms with Crippen molar-refractivity contribution in [1.82, 2.24) is 5.32 Å². The Hall–Kier alpha value is -2.24. The molecule has 0 radical (unpaired) electrons. The van der Waals surface area contributed by atoms with E-state index in [4.69, 9.17) is 23.2 Å². The maximum absolute atomic E-state index is 12.3. The molecule has 1 aliphatic rings. The van der Waals surface area contributed by atoms with E-state index >= 15 is 0 Å². The molecule has 0 unspecified atom stereocenters. The predicted molar refractivity (Wildman–Crippen MR) is 105 cm³/mol. The van der Waals surface area contributed by atoms with Gasteiger partial charge in [0.15, 0.2) is 0 Å². The van der Waals surface area contributed by atoms with Crippen molar-refractivity contribution in [2.45, 2.75) is 19.3 Å². The Morgan fingerprint density at radius 3 is 2.23 bits per heavy atom. The number of para-hydroxylation sites is 2. The van der Waals surface area contributed by atoms with Gasteiger partial charge in [0.05, 0.1) is 27.0 Å². The van der Waals surface area contributed by atoms with E-state index in [1.807, 2.05) is 24.3 Å². The van der Waals surface area contributed by atoms with Crippen LogP contribution in [0, 0.1) is 0 Å². The highest BCUT2D eigenvalue weighted by molar-refractivity contribution is 6.40. The van der Waals surface area contributed by atoms with Crippen molar-refractivity contribution in [3.05, 3.63) is 58.1 Å². The molecule has 7 heteroatoms. The summed E-state index contributed by atoms with van der Waals surface area (Å²) in [5.74, 6) is -0.645. The Balaban J connectivity index is 1.71. The van der Waals surface area contributed by atoms with Crippen LogP contribution in [0.4, 0.5) is 16.2 Å². The van der Waals surface area contributed by atoms with Gasteiger partial charge in [-0.2, -0.15) is 0 Å². The van der Waals surface area contributed by atoms with E-state index in [0.29, 0.717) is 5.69 Å². The number of halogens is 2. The van der Waals surface area contributed by atoms with Gasteiger partial charge in [-0.05, 0) is 43.5 Å². The van der Waals surface area contributed by atoms with Crippen molar-refractivity contribution in [3.8, 4) is 0 Å². The summed E-state index contributed by atoms with van der Waals surface area (Å²) < 4.78 is 0. The van der Waals surface area contributed by atoms with E-state index in [9.17, 15) is 9.59 Å². The average Bonchev–Trinajstić information content (AvgIpc) is 2.62. The van der Waals surface area contributed by atoms with Crippen LogP contribution in [0.3, 0.4) is 0 Å². The smallest absolute Gasteiger partial charge is 0.326 e. The summed E-state index contributed by atoms with van der Waals surface area (Å²) in [5, 5.41) is 5.41. The molecule has 1 saturated heterocycles. The van der Waals surface area contributed by atoms with E-state index in [-0.39, 0.29) is 15.6 Å². The Morgan fingerprint density at radius 2 is 1.54 bits per heavy atom. The summed E-state index contributed by atoms with van der Waals surface area (Å²) in [4.78, 5) is 26.9. The Morgan fingerprint density at radius 1 is 0.885 bits per heavy atom. The van der Waals surface area contributed by atoms with Gasteiger partial charge in [-0.1, -0.05) is 41.4 Å². The molecule has 1 heterocycles. The molecule has 0 saturated carbocycles.